The van der Waals surface area contributed by atoms with Gasteiger partial charge >= 0.3 is 0 Å². The lowest BCUT2D eigenvalue weighted by Gasteiger charge is -2.18. The van der Waals surface area contributed by atoms with Gasteiger partial charge in [-0.1, -0.05) is 66.2 Å². The molecule has 1 aromatic heterocycles. The van der Waals surface area contributed by atoms with E-state index >= 15 is 0 Å². The minimum Gasteiger partial charge on any atom is -0.329 e. The standard InChI is InChI=1S/C16H19N5.C7H8/c17-9-14(10-18)12-21(19)11-13-4-6-15(7-5-13)16-3-1-2-8-20-16;1-7-5-3-2-4-6-7/h1-8,14H,9,11-12,17,19H2;2-6H,1H3/t14-;/m0./s1. The van der Waals surface area contributed by atoms with Crippen LogP contribution in [0.25, 0.3) is 11.3 Å². The Labute approximate surface area is 167 Å². The van der Waals surface area contributed by atoms with Gasteiger partial charge in [0.25, 0.3) is 0 Å². The maximum atomic E-state index is 8.88. The maximum absolute atomic E-state index is 8.88. The molecule has 5 heteroatoms. The van der Waals surface area contributed by atoms with E-state index in [-0.39, 0.29) is 5.92 Å². The largest absolute Gasteiger partial charge is 0.329 e. The summed E-state index contributed by atoms with van der Waals surface area (Å²) in [6, 6.07) is 26.3. The lowest BCUT2D eigenvalue weighted by molar-refractivity contribution is 0.251. The van der Waals surface area contributed by atoms with Crippen molar-refractivity contribution < 1.29 is 0 Å². The van der Waals surface area contributed by atoms with Crippen molar-refractivity contribution in [2.24, 2.45) is 17.5 Å². The molecule has 0 fully saturated rings. The van der Waals surface area contributed by atoms with Gasteiger partial charge in [-0.15, -0.1) is 0 Å². The van der Waals surface area contributed by atoms with Gasteiger partial charge < -0.3 is 5.73 Å². The van der Waals surface area contributed by atoms with Crippen molar-refractivity contribution in [2.75, 3.05) is 13.1 Å². The summed E-state index contributed by atoms with van der Waals surface area (Å²) in [7, 11) is 0. The average Bonchev–Trinajstić information content (AvgIpc) is 2.74. The van der Waals surface area contributed by atoms with Crippen LogP contribution in [0, 0.1) is 24.2 Å². The van der Waals surface area contributed by atoms with Crippen LogP contribution in [0.2, 0.25) is 0 Å². The molecular weight excluding hydrogens is 346 g/mol. The highest BCUT2D eigenvalue weighted by molar-refractivity contribution is 5.58. The number of rotatable bonds is 6. The quantitative estimate of drug-likeness (QED) is 0.509. The molecule has 0 unspecified atom stereocenters. The van der Waals surface area contributed by atoms with E-state index in [9.17, 15) is 0 Å². The van der Waals surface area contributed by atoms with E-state index in [4.69, 9.17) is 16.8 Å². The molecule has 0 bridgehead atoms. The second-order valence-corrected chi connectivity index (χ2v) is 6.56. The fourth-order valence-corrected chi connectivity index (χ4v) is 2.60. The molecule has 0 radical (unpaired) electrons. The highest BCUT2D eigenvalue weighted by Gasteiger charge is 2.09. The molecule has 1 heterocycles. The van der Waals surface area contributed by atoms with Crippen molar-refractivity contribution in [1.29, 1.82) is 5.26 Å². The Morgan fingerprint density at radius 2 is 1.68 bits per heavy atom. The molecule has 0 aliphatic carbocycles. The van der Waals surface area contributed by atoms with Crippen molar-refractivity contribution in [3.63, 3.8) is 0 Å². The summed E-state index contributed by atoms with van der Waals surface area (Å²) >= 11 is 0. The zero-order valence-corrected chi connectivity index (χ0v) is 16.2. The fourth-order valence-electron chi connectivity index (χ4n) is 2.60. The minimum atomic E-state index is -0.234. The molecule has 3 rings (SSSR count). The predicted molar refractivity (Wildman–Crippen MR) is 114 cm³/mol. The normalized spacial score (nSPS) is 11.2. The van der Waals surface area contributed by atoms with E-state index in [2.05, 4.69) is 30.1 Å². The van der Waals surface area contributed by atoms with Gasteiger partial charge in [0, 0.05) is 31.4 Å². The van der Waals surface area contributed by atoms with Crippen LogP contribution >= 0.6 is 0 Å². The van der Waals surface area contributed by atoms with Crippen LogP contribution in [0.5, 0.6) is 0 Å². The number of hydrogen-bond donors (Lipinski definition) is 2. The summed E-state index contributed by atoms with van der Waals surface area (Å²) in [5.74, 6) is 5.69. The number of aromatic nitrogens is 1. The first-order valence-electron chi connectivity index (χ1n) is 9.23. The van der Waals surface area contributed by atoms with E-state index in [1.807, 2.05) is 60.7 Å². The number of nitrogens with zero attached hydrogens (tertiary/aromatic N) is 3. The number of hydrazine groups is 1. The Bertz CT molecular complexity index is 842. The van der Waals surface area contributed by atoms with E-state index in [1.165, 1.54) is 5.56 Å². The van der Waals surface area contributed by atoms with Crippen molar-refractivity contribution in [3.05, 3.63) is 90.1 Å². The van der Waals surface area contributed by atoms with Gasteiger partial charge in [0.2, 0.25) is 0 Å². The Balaban J connectivity index is 0.000000336. The third kappa shape index (κ3) is 7.29. The zero-order valence-electron chi connectivity index (χ0n) is 16.2. The molecule has 4 N–H and O–H groups in total. The highest BCUT2D eigenvalue weighted by atomic mass is 15.4. The topological polar surface area (TPSA) is 92.0 Å². The summed E-state index contributed by atoms with van der Waals surface area (Å²) in [4.78, 5) is 4.32. The molecule has 0 saturated carbocycles. The summed E-state index contributed by atoms with van der Waals surface area (Å²) in [5, 5.41) is 10.5. The Morgan fingerprint density at radius 1 is 1.00 bits per heavy atom. The number of nitriles is 1. The molecule has 144 valence electrons. The zero-order chi connectivity index (χ0) is 20.2. The van der Waals surface area contributed by atoms with Crippen LogP contribution in [-0.4, -0.2) is 23.1 Å². The molecule has 0 aliphatic rings. The Morgan fingerprint density at radius 3 is 2.18 bits per heavy atom. The van der Waals surface area contributed by atoms with Crippen molar-refractivity contribution in [2.45, 2.75) is 13.5 Å². The Hall–Kier alpha value is -3.04. The van der Waals surface area contributed by atoms with Gasteiger partial charge in [0.1, 0.15) is 0 Å². The van der Waals surface area contributed by atoms with Crippen molar-refractivity contribution in [3.8, 4) is 17.3 Å². The lowest BCUT2D eigenvalue weighted by Crippen LogP contribution is -2.37. The van der Waals surface area contributed by atoms with Crippen molar-refractivity contribution in [1.82, 2.24) is 9.99 Å². The van der Waals surface area contributed by atoms with Crippen LogP contribution < -0.4 is 11.6 Å². The molecular formula is C23H27N5. The first-order valence-corrected chi connectivity index (χ1v) is 9.23. The molecule has 0 amide bonds. The van der Waals surface area contributed by atoms with Crippen LogP contribution in [0.15, 0.2) is 79.0 Å². The van der Waals surface area contributed by atoms with Gasteiger partial charge in [0.15, 0.2) is 0 Å². The predicted octanol–water partition coefficient (Wildman–Crippen LogP) is 3.52. The molecule has 2 aromatic carbocycles. The average molecular weight is 374 g/mol. The summed E-state index contributed by atoms with van der Waals surface area (Å²) in [6.45, 7) is 3.46. The van der Waals surface area contributed by atoms with Crippen LogP contribution in [0.3, 0.4) is 0 Å². The van der Waals surface area contributed by atoms with E-state index in [0.717, 1.165) is 16.8 Å². The second kappa shape index (κ2) is 11.6. The fraction of sp³-hybridized carbons (Fsp3) is 0.217. The monoisotopic (exact) mass is 373 g/mol. The van der Waals surface area contributed by atoms with E-state index < -0.39 is 0 Å². The Kier molecular flexibility index (Phi) is 8.83. The van der Waals surface area contributed by atoms with Gasteiger partial charge in [-0.25, -0.2) is 5.01 Å². The SMILES string of the molecule is Cc1ccccc1.N#C[C@H](CN)CN(N)Cc1ccc(-c2ccccn2)cc1. The number of benzene rings is 2. The summed E-state index contributed by atoms with van der Waals surface area (Å²) in [5.41, 5.74) is 9.92. The maximum Gasteiger partial charge on any atom is 0.0726 e. The summed E-state index contributed by atoms with van der Waals surface area (Å²) in [6.07, 6.45) is 1.78. The molecule has 0 aliphatic heterocycles. The van der Waals surface area contributed by atoms with Crippen molar-refractivity contribution >= 4 is 0 Å². The second-order valence-electron chi connectivity index (χ2n) is 6.56. The highest BCUT2D eigenvalue weighted by Crippen LogP contribution is 2.17. The van der Waals surface area contributed by atoms with Crippen LogP contribution in [0.1, 0.15) is 11.1 Å². The first kappa shape index (κ1) is 21.3. The molecule has 0 saturated heterocycles. The third-order valence-electron chi connectivity index (χ3n) is 4.16. The number of hydrogen-bond acceptors (Lipinski definition) is 5. The summed E-state index contributed by atoms with van der Waals surface area (Å²) < 4.78 is 0. The molecule has 5 nitrogen and oxygen atoms in total. The first-order chi connectivity index (χ1) is 13.6. The number of aryl methyl sites for hydroxylation is 1. The van der Waals surface area contributed by atoms with Crippen LogP contribution in [-0.2, 0) is 6.54 Å². The molecule has 1 atom stereocenters. The lowest BCUT2D eigenvalue weighted by atomic mass is 10.1. The van der Waals surface area contributed by atoms with Gasteiger partial charge in [0.05, 0.1) is 17.7 Å². The smallest absolute Gasteiger partial charge is 0.0726 e. The third-order valence-corrected chi connectivity index (χ3v) is 4.16. The van der Waals surface area contributed by atoms with Gasteiger partial charge in [-0.2, -0.15) is 5.26 Å². The van der Waals surface area contributed by atoms with Gasteiger partial charge in [-0.05, 0) is 24.6 Å². The number of nitrogens with two attached hydrogens (primary N) is 2. The molecule has 28 heavy (non-hydrogen) atoms. The molecule has 0 spiro atoms. The van der Waals surface area contributed by atoms with Gasteiger partial charge in [-0.3, -0.25) is 10.8 Å². The van der Waals surface area contributed by atoms with Crippen LogP contribution in [0.4, 0.5) is 0 Å². The molecule has 3 aromatic rings. The number of pyridine rings is 1. The van der Waals surface area contributed by atoms with E-state index in [1.54, 1.807) is 11.2 Å². The minimum absolute atomic E-state index is 0.234. The van der Waals surface area contributed by atoms with E-state index in [0.29, 0.717) is 19.6 Å².